The van der Waals surface area contributed by atoms with Crippen LogP contribution >= 0.6 is 0 Å². The average Bonchev–Trinajstić information content (AvgIpc) is 3.16. The van der Waals surface area contributed by atoms with E-state index in [1.165, 1.54) is 11.1 Å². The zero-order chi connectivity index (χ0) is 27.8. The van der Waals surface area contributed by atoms with Crippen LogP contribution in [0.5, 0.6) is 0 Å². The number of carbonyl (C=O) groups excluding carboxylic acids is 1. The van der Waals surface area contributed by atoms with Crippen LogP contribution < -0.4 is 0 Å². The largest absolute Gasteiger partial charge is 0.359 e. The van der Waals surface area contributed by atoms with Gasteiger partial charge in [-0.1, -0.05) is 98.7 Å². The van der Waals surface area contributed by atoms with Gasteiger partial charge >= 0.3 is 0 Å². The summed E-state index contributed by atoms with van der Waals surface area (Å²) in [5.74, 6) is 0.962. The van der Waals surface area contributed by atoms with E-state index in [0.717, 1.165) is 78.7 Å². The lowest BCUT2D eigenvalue weighted by atomic mass is 10.0. The standard InChI is InChI=1S/C21H32N2O.C13H9N/c1-6-8-12-21(20(7-2)16-24)22-18(4)23(5)15-19-11-9-10-17(3)13-14-19;14-10-12-8-4-5-9-13(12)11-6-2-1-3-7-11/h9-10,13-14,16H,6-8,11-12,15H2,1-5H3;1-9H/b21-20-,22-18?;. The van der Waals surface area contributed by atoms with Crippen molar-refractivity contribution in [2.45, 2.75) is 59.8 Å². The van der Waals surface area contributed by atoms with Crippen LogP contribution in [0.25, 0.3) is 11.1 Å². The number of nitriles is 1. The minimum Gasteiger partial charge on any atom is -0.359 e. The minimum atomic E-state index is 0.721. The Bertz CT molecular complexity index is 1240. The second kappa shape index (κ2) is 16.7. The van der Waals surface area contributed by atoms with Gasteiger partial charge in [0.15, 0.2) is 0 Å². The molecule has 1 aliphatic carbocycles. The van der Waals surface area contributed by atoms with Crippen LogP contribution in [0.4, 0.5) is 0 Å². The van der Waals surface area contributed by atoms with E-state index in [9.17, 15) is 4.79 Å². The molecule has 4 heteroatoms. The lowest BCUT2D eigenvalue weighted by Gasteiger charge is -2.21. The van der Waals surface area contributed by atoms with Gasteiger partial charge in [0.05, 0.1) is 11.6 Å². The van der Waals surface area contributed by atoms with Crippen LogP contribution in [0.15, 0.2) is 106 Å². The Morgan fingerprint density at radius 1 is 1.08 bits per heavy atom. The Morgan fingerprint density at radius 3 is 2.45 bits per heavy atom. The van der Waals surface area contributed by atoms with Gasteiger partial charge in [-0.3, -0.25) is 4.79 Å². The molecule has 1 aliphatic rings. The smallest absolute Gasteiger partial charge is 0.147 e. The van der Waals surface area contributed by atoms with Crippen LogP contribution in [0.2, 0.25) is 0 Å². The third kappa shape index (κ3) is 9.82. The van der Waals surface area contributed by atoms with Gasteiger partial charge in [0, 0.05) is 24.9 Å². The molecule has 0 heterocycles. The summed E-state index contributed by atoms with van der Waals surface area (Å²) in [6.45, 7) is 9.17. The molecule has 0 atom stereocenters. The second-order valence-electron chi connectivity index (χ2n) is 9.43. The Balaban J connectivity index is 0.000000304. The summed E-state index contributed by atoms with van der Waals surface area (Å²) in [5.41, 5.74) is 7.22. The molecule has 0 saturated carbocycles. The molecule has 198 valence electrons. The third-order valence-electron chi connectivity index (χ3n) is 6.43. The Labute approximate surface area is 229 Å². The molecule has 0 aliphatic heterocycles. The number of likely N-dealkylation sites (N-methyl/N-ethyl adjacent to an activating group) is 1. The zero-order valence-electron chi connectivity index (χ0n) is 23.6. The van der Waals surface area contributed by atoms with Crippen molar-refractivity contribution in [3.63, 3.8) is 0 Å². The van der Waals surface area contributed by atoms with Crippen molar-refractivity contribution in [2.24, 2.45) is 4.99 Å². The number of allylic oxidation sites excluding steroid dienone is 7. The highest BCUT2D eigenvalue weighted by atomic mass is 16.1. The first-order valence-electron chi connectivity index (χ1n) is 13.4. The number of unbranched alkanes of at least 4 members (excludes halogenated alkanes) is 1. The predicted octanol–water partition coefficient (Wildman–Crippen LogP) is 8.45. The number of hydrogen-bond acceptors (Lipinski definition) is 3. The summed E-state index contributed by atoms with van der Waals surface area (Å²) in [6.07, 6.45) is 14.4. The lowest BCUT2D eigenvalue weighted by Crippen LogP contribution is -2.26. The molecular weight excluding hydrogens is 466 g/mol. The maximum absolute atomic E-state index is 11.3. The number of amidine groups is 1. The topological polar surface area (TPSA) is 56.5 Å². The van der Waals surface area contributed by atoms with E-state index in [4.69, 9.17) is 10.3 Å². The molecule has 4 nitrogen and oxygen atoms in total. The Kier molecular flexibility index (Phi) is 13.3. The monoisotopic (exact) mass is 507 g/mol. The first-order chi connectivity index (χ1) is 18.4. The van der Waals surface area contributed by atoms with Gasteiger partial charge in [0.25, 0.3) is 0 Å². The maximum Gasteiger partial charge on any atom is 0.147 e. The molecule has 38 heavy (non-hydrogen) atoms. The van der Waals surface area contributed by atoms with Crippen molar-refractivity contribution >= 4 is 12.1 Å². The van der Waals surface area contributed by atoms with Crippen molar-refractivity contribution in [2.75, 3.05) is 13.6 Å². The maximum atomic E-state index is 11.3. The minimum absolute atomic E-state index is 0.721. The van der Waals surface area contributed by atoms with Gasteiger partial charge in [-0.25, -0.2) is 4.99 Å². The van der Waals surface area contributed by atoms with Crippen molar-refractivity contribution in [3.05, 3.63) is 107 Å². The van der Waals surface area contributed by atoms with Gasteiger partial charge < -0.3 is 4.90 Å². The number of aldehydes is 1. The highest BCUT2D eigenvalue weighted by Crippen LogP contribution is 2.22. The van der Waals surface area contributed by atoms with Crippen molar-refractivity contribution < 1.29 is 4.79 Å². The van der Waals surface area contributed by atoms with Gasteiger partial charge in [-0.2, -0.15) is 5.26 Å². The Morgan fingerprint density at radius 2 is 1.79 bits per heavy atom. The molecular formula is C34H41N3O. The number of rotatable bonds is 9. The van der Waals surface area contributed by atoms with Crippen LogP contribution in [0.1, 0.15) is 65.4 Å². The van der Waals surface area contributed by atoms with Gasteiger partial charge in [0.2, 0.25) is 0 Å². The quantitative estimate of drug-likeness (QED) is 0.148. The van der Waals surface area contributed by atoms with Crippen molar-refractivity contribution in [1.29, 1.82) is 5.26 Å². The van der Waals surface area contributed by atoms with Gasteiger partial charge in [-0.15, -0.1) is 0 Å². The van der Waals surface area contributed by atoms with E-state index < -0.39 is 0 Å². The van der Waals surface area contributed by atoms with Crippen molar-refractivity contribution in [1.82, 2.24) is 4.90 Å². The summed E-state index contributed by atoms with van der Waals surface area (Å²) in [7, 11) is 2.06. The Hall–Kier alpha value is -3.97. The molecule has 0 bridgehead atoms. The number of hydrogen-bond donors (Lipinski definition) is 0. The average molecular weight is 508 g/mol. The first kappa shape index (κ1) is 30.3. The van der Waals surface area contributed by atoms with Gasteiger partial charge in [-0.05, 0) is 62.3 Å². The third-order valence-corrected chi connectivity index (χ3v) is 6.43. The number of nitrogens with zero attached hydrogens (tertiary/aromatic N) is 3. The van der Waals surface area contributed by atoms with E-state index >= 15 is 0 Å². The van der Waals surface area contributed by atoms with E-state index in [2.05, 4.69) is 56.2 Å². The number of benzene rings is 2. The molecule has 0 aromatic heterocycles. The highest BCUT2D eigenvalue weighted by Gasteiger charge is 2.09. The predicted molar refractivity (Wildman–Crippen MR) is 161 cm³/mol. The zero-order valence-corrected chi connectivity index (χ0v) is 23.6. The molecule has 0 spiro atoms. The number of carbonyl (C=O) groups is 1. The lowest BCUT2D eigenvalue weighted by molar-refractivity contribution is -0.105. The summed E-state index contributed by atoms with van der Waals surface area (Å²) in [4.78, 5) is 18.3. The summed E-state index contributed by atoms with van der Waals surface area (Å²) in [6, 6.07) is 19.8. The van der Waals surface area contributed by atoms with Crippen LogP contribution in [-0.2, 0) is 4.79 Å². The molecule has 0 N–H and O–H groups in total. The fourth-order valence-electron chi connectivity index (χ4n) is 4.02. The van der Waals surface area contributed by atoms with Gasteiger partial charge in [0.1, 0.15) is 12.1 Å². The van der Waals surface area contributed by atoms with E-state index in [1.54, 1.807) is 0 Å². The van der Waals surface area contributed by atoms with Crippen LogP contribution in [0, 0.1) is 11.3 Å². The highest BCUT2D eigenvalue weighted by molar-refractivity contribution is 5.82. The van der Waals surface area contributed by atoms with Crippen LogP contribution in [0.3, 0.4) is 0 Å². The SMILES string of the molecule is CCCC/C(N=C(C)N(C)CC1=CC=C(C)C=CC1)=C(/C=O)CC.N#Cc1ccccc1-c1ccccc1. The number of aliphatic imine (C=N–C) groups is 1. The fourth-order valence-corrected chi connectivity index (χ4v) is 4.02. The van der Waals surface area contributed by atoms with E-state index in [0.29, 0.717) is 0 Å². The molecule has 0 unspecified atom stereocenters. The first-order valence-corrected chi connectivity index (χ1v) is 13.4. The molecule has 2 aromatic rings. The van der Waals surface area contributed by atoms with E-state index in [-0.39, 0.29) is 0 Å². The molecule has 0 fully saturated rings. The van der Waals surface area contributed by atoms with Crippen molar-refractivity contribution in [3.8, 4) is 17.2 Å². The normalized spacial score (nSPS) is 13.6. The molecule has 2 aromatic carbocycles. The molecule has 0 radical (unpaired) electrons. The summed E-state index contributed by atoms with van der Waals surface area (Å²) < 4.78 is 0. The van der Waals surface area contributed by atoms with E-state index in [1.807, 2.05) is 68.4 Å². The fraction of sp³-hybridized carbons (Fsp3) is 0.324. The molecule has 0 amide bonds. The second-order valence-corrected chi connectivity index (χ2v) is 9.43. The summed E-state index contributed by atoms with van der Waals surface area (Å²) >= 11 is 0. The van der Waals surface area contributed by atoms with Crippen LogP contribution in [-0.4, -0.2) is 30.6 Å². The molecule has 3 rings (SSSR count). The summed E-state index contributed by atoms with van der Waals surface area (Å²) in [5, 5.41) is 8.93. The molecule has 0 saturated heterocycles.